The van der Waals surface area contributed by atoms with Crippen LogP contribution in [0.4, 0.5) is 10.5 Å². The highest BCUT2D eigenvalue weighted by Gasteiger charge is 2.45. The molecule has 1 fully saturated rings. The normalized spacial score (nSPS) is 19.4. The molecule has 71 heavy (non-hydrogen) atoms. The number of aliphatic hydroxyl groups is 5. The minimum atomic E-state index is -1.64. The standard InChI is InChI=1S/C59H110N2O10/c1-4-7-9-11-13-15-17-19-20-21-22-23-24-25-26-27-28-29-30-32-34-36-38-42-46-60-50(54(63)51(62)44-39-37-35-33-31-18-16-14-12-10-8-5-2)47-69-58-57(66)56(65)55(64)53(71-58)48-70-59(67)61-49-43-40-41-45-52(49)68-6-3/h40-41,43,45,50-51,53-58,60,62-66H,4-39,42,44,46-48H2,1-3H3,(H,61,67)/t50-,51+,53+,54-,55-,56-,57+,58-/m0/s1. The van der Waals surface area contributed by atoms with Crippen molar-refractivity contribution < 1.29 is 49.3 Å². The highest BCUT2D eigenvalue weighted by molar-refractivity contribution is 5.86. The van der Waals surface area contributed by atoms with Crippen molar-refractivity contribution in [3.8, 4) is 5.75 Å². The number of anilines is 1. The van der Waals surface area contributed by atoms with Crippen LogP contribution in [-0.2, 0) is 14.2 Å². The second kappa shape index (κ2) is 45.4. The molecule has 0 saturated carbocycles. The van der Waals surface area contributed by atoms with Gasteiger partial charge in [-0.3, -0.25) is 5.32 Å². The summed E-state index contributed by atoms with van der Waals surface area (Å²) in [5, 5.41) is 61.0. The van der Waals surface area contributed by atoms with Gasteiger partial charge in [0.15, 0.2) is 6.29 Å². The van der Waals surface area contributed by atoms with E-state index in [0.29, 0.717) is 31.0 Å². The molecule has 0 spiro atoms. The van der Waals surface area contributed by atoms with Crippen LogP contribution in [0.5, 0.6) is 5.75 Å². The molecular formula is C59H110N2O10. The van der Waals surface area contributed by atoms with Crippen LogP contribution in [0.2, 0.25) is 0 Å². The Labute approximate surface area is 433 Å². The number of aliphatic hydroxyl groups excluding tert-OH is 5. The number of rotatable bonds is 49. The van der Waals surface area contributed by atoms with Gasteiger partial charge in [-0.05, 0) is 38.4 Å². The Hall–Kier alpha value is -2.03. The van der Waals surface area contributed by atoms with Gasteiger partial charge in [-0.2, -0.15) is 0 Å². The molecule has 1 amide bonds. The number of hydrogen-bond donors (Lipinski definition) is 7. The lowest BCUT2D eigenvalue weighted by molar-refractivity contribution is -0.302. The molecule has 1 aromatic rings. The number of benzene rings is 1. The Balaban J connectivity index is 1.72. The van der Waals surface area contributed by atoms with Gasteiger partial charge >= 0.3 is 6.09 Å². The van der Waals surface area contributed by atoms with Crippen molar-refractivity contribution in [2.75, 3.05) is 31.7 Å². The third-order valence-electron chi connectivity index (χ3n) is 14.5. The first-order valence-corrected chi connectivity index (χ1v) is 29.8. The van der Waals surface area contributed by atoms with Crippen molar-refractivity contribution in [3.63, 3.8) is 0 Å². The van der Waals surface area contributed by atoms with E-state index in [4.69, 9.17) is 18.9 Å². The zero-order valence-electron chi connectivity index (χ0n) is 45.7. The molecule has 1 aliphatic rings. The van der Waals surface area contributed by atoms with E-state index in [-0.39, 0.29) is 6.61 Å². The molecule has 1 aromatic carbocycles. The van der Waals surface area contributed by atoms with Crippen LogP contribution in [0, 0.1) is 0 Å². The van der Waals surface area contributed by atoms with E-state index in [0.717, 1.165) is 38.5 Å². The Bertz CT molecular complexity index is 1340. The average molecular weight is 1010 g/mol. The van der Waals surface area contributed by atoms with Crippen molar-refractivity contribution in [2.45, 2.75) is 307 Å². The number of nitrogens with one attached hydrogen (secondary N) is 2. The number of carbonyl (C=O) groups is 1. The molecule has 416 valence electrons. The van der Waals surface area contributed by atoms with Gasteiger partial charge in [-0.25, -0.2) is 4.79 Å². The van der Waals surface area contributed by atoms with E-state index >= 15 is 0 Å². The smallest absolute Gasteiger partial charge is 0.411 e. The molecule has 8 atom stereocenters. The van der Waals surface area contributed by atoms with E-state index in [9.17, 15) is 30.3 Å². The first-order valence-electron chi connectivity index (χ1n) is 29.8. The maximum Gasteiger partial charge on any atom is 0.411 e. The van der Waals surface area contributed by atoms with E-state index < -0.39 is 61.7 Å². The first-order chi connectivity index (χ1) is 34.7. The molecule has 0 aliphatic carbocycles. The lowest BCUT2D eigenvalue weighted by Crippen LogP contribution is -2.60. The third-order valence-corrected chi connectivity index (χ3v) is 14.5. The molecule has 1 aliphatic heterocycles. The summed E-state index contributed by atoms with van der Waals surface area (Å²) in [7, 11) is 0. The molecule has 12 heteroatoms. The van der Waals surface area contributed by atoms with Crippen molar-refractivity contribution in [2.24, 2.45) is 0 Å². The molecule has 1 heterocycles. The van der Waals surface area contributed by atoms with Gasteiger partial charge in [0.05, 0.1) is 37.2 Å². The molecule has 0 bridgehead atoms. The minimum absolute atomic E-state index is 0.136. The van der Waals surface area contributed by atoms with Gasteiger partial charge < -0.3 is 49.8 Å². The highest BCUT2D eigenvalue weighted by Crippen LogP contribution is 2.26. The molecule has 2 rings (SSSR count). The van der Waals surface area contributed by atoms with E-state index in [1.54, 1.807) is 24.3 Å². The van der Waals surface area contributed by atoms with Crippen molar-refractivity contribution in [1.29, 1.82) is 0 Å². The largest absolute Gasteiger partial charge is 0.492 e. The molecule has 0 unspecified atom stereocenters. The van der Waals surface area contributed by atoms with Crippen LogP contribution in [0.25, 0.3) is 0 Å². The monoisotopic (exact) mass is 1010 g/mol. The van der Waals surface area contributed by atoms with Crippen LogP contribution in [0.3, 0.4) is 0 Å². The lowest BCUT2D eigenvalue weighted by Gasteiger charge is -2.40. The number of unbranched alkanes of at least 4 members (excludes halogenated alkanes) is 34. The zero-order chi connectivity index (χ0) is 51.4. The summed E-state index contributed by atoms with van der Waals surface area (Å²) in [5.74, 6) is 0.471. The molecule has 0 radical (unpaired) electrons. The van der Waals surface area contributed by atoms with Crippen LogP contribution in [-0.4, -0.2) is 107 Å². The SMILES string of the molecule is CCCCCCCCCCCCCCCCCCCCCCCCCCN[C@@H](CO[C@H]1O[C@H](COC(=O)Nc2ccccc2OCC)[C@H](O)[C@H](O)[C@H]1O)[C@H](O)[C@H](O)CCCCCCCCCCCCCC. The second-order valence-electron chi connectivity index (χ2n) is 20.9. The predicted octanol–water partition coefficient (Wildman–Crippen LogP) is 13.6. The quantitative estimate of drug-likeness (QED) is 0.0309. The summed E-state index contributed by atoms with van der Waals surface area (Å²) in [6.45, 7) is 6.82. The number of hydrogen-bond acceptors (Lipinski definition) is 11. The van der Waals surface area contributed by atoms with Gasteiger partial charge in [-0.1, -0.05) is 251 Å². The number of amides is 1. The molecule has 1 saturated heterocycles. The van der Waals surface area contributed by atoms with Gasteiger partial charge in [0.2, 0.25) is 0 Å². The van der Waals surface area contributed by atoms with Gasteiger partial charge in [0.25, 0.3) is 0 Å². The molecule has 7 N–H and O–H groups in total. The van der Waals surface area contributed by atoms with Crippen LogP contribution in [0.1, 0.15) is 258 Å². The second-order valence-corrected chi connectivity index (χ2v) is 20.9. The first kappa shape index (κ1) is 65.1. The number of carbonyl (C=O) groups excluding carboxylic acids is 1. The predicted molar refractivity (Wildman–Crippen MR) is 291 cm³/mol. The Morgan fingerprint density at radius 3 is 1.44 bits per heavy atom. The summed E-state index contributed by atoms with van der Waals surface area (Å²) >= 11 is 0. The third kappa shape index (κ3) is 32.8. The Kier molecular flexibility index (Phi) is 41.6. The maximum atomic E-state index is 12.7. The van der Waals surface area contributed by atoms with Crippen molar-refractivity contribution in [3.05, 3.63) is 24.3 Å². The van der Waals surface area contributed by atoms with E-state index in [1.807, 2.05) is 6.92 Å². The van der Waals surface area contributed by atoms with Gasteiger partial charge in [0.1, 0.15) is 36.8 Å². The fourth-order valence-corrected chi connectivity index (χ4v) is 9.83. The Morgan fingerprint density at radius 2 is 0.986 bits per heavy atom. The Morgan fingerprint density at radius 1 is 0.563 bits per heavy atom. The molecular weight excluding hydrogens is 897 g/mol. The fraction of sp³-hybridized carbons (Fsp3) is 0.881. The van der Waals surface area contributed by atoms with Crippen molar-refractivity contribution in [1.82, 2.24) is 5.32 Å². The number of para-hydroxylation sites is 2. The summed E-state index contributed by atoms with van der Waals surface area (Å²) < 4.78 is 22.8. The van der Waals surface area contributed by atoms with E-state index in [1.165, 1.54) is 193 Å². The molecule has 12 nitrogen and oxygen atoms in total. The van der Waals surface area contributed by atoms with Crippen LogP contribution in [0.15, 0.2) is 24.3 Å². The van der Waals surface area contributed by atoms with Crippen LogP contribution >= 0.6 is 0 Å². The van der Waals surface area contributed by atoms with Crippen molar-refractivity contribution >= 4 is 11.8 Å². The minimum Gasteiger partial charge on any atom is -0.492 e. The summed E-state index contributed by atoms with van der Waals surface area (Å²) in [5.41, 5.74) is 0.408. The lowest BCUT2D eigenvalue weighted by atomic mass is 9.98. The molecule has 0 aromatic heterocycles. The zero-order valence-corrected chi connectivity index (χ0v) is 45.7. The fourth-order valence-electron chi connectivity index (χ4n) is 9.83. The van der Waals surface area contributed by atoms with Crippen LogP contribution < -0.4 is 15.4 Å². The average Bonchev–Trinajstić information content (AvgIpc) is 3.37. The highest BCUT2D eigenvalue weighted by atomic mass is 16.7. The van der Waals surface area contributed by atoms with E-state index in [2.05, 4.69) is 24.5 Å². The summed E-state index contributed by atoms with van der Waals surface area (Å²) in [6.07, 6.45) is 36.8. The topological polar surface area (TPSA) is 179 Å². The summed E-state index contributed by atoms with van der Waals surface area (Å²) in [4.78, 5) is 12.7. The van der Waals surface area contributed by atoms with Gasteiger partial charge in [0, 0.05) is 0 Å². The maximum absolute atomic E-state index is 12.7. The number of ether oxygens (including phenoxy) is 4. The summed E-state index contributed by atoms with van der Waals surface area (Å²) in [6, 6.07) is 6.23. The van der Waals surface area contributed by atoms with Gasteiger partial charge in [-0.15, -0.1) is 0 Å².